The Hall–Kier alpha value is -2.44. The van der Waals surface area contributed by atoms with Gasteiger partial charge < -0.3 is 9.64 Å². The second kappa shape index (κ2) is 9.46. The first kappa shape index (κ1) is 23.9. The SMILES string of the molecule is CS(=O)N1CCN(Cc2cc3nc(-c4cccc5[nH]ncc45)nc(N4CCOCC4)c3s2)CC1(C)C. The van der Waals surface area contributed by atoms with Gasteiger partial charge in [-0.15, -0.1) is 11.3 Å². The summed E-state index contributed by atoms with van der Waals surface area (Å²) in [5.74, 6) is 1.71. The average molecular weight is 526 g/mol. The number of anilines is 1. The molecule has 2 aliphatic heterocycles. The lowest BCUT2D eigenvalue weighted by Gasteiger charge is -2.45. The number of aromatic amines is 1. The van der Waals surface area contributed by atoms with Crippen LogP contribution in [0.2, 0.25) is 0 Å². The van der Waals surface area contributed by atoms with Crippen molar-refractivity contribution in [3.8, 4) is 11.4 Å². The summed E-state index contributed by atoms with van der Waals surface area (Å²) >= 11 is 1.79. The molecule has 6 rings (SSSR count). The van der Waals surface area contributed by atoms with Crippen LogP contribution in [-0.2, 0) is 22.3 Å². The Kier molecular flexibility index (Phi) is 6.29. The van der Waals surface area contributed by atoms with E-state index in [9.17, 15) is 4.21 Å². The van der Waals surface area contributed by atoms with Gasteiger partial charge in [-0.2, -0.15) is 5.10 Å². The molecule has 2 saturated heterocycles. The van der Waals surface area contributed by atoms with Gasteiger partial charge in [-0.25, -0.2) is 18.5 Å². The fraction of sp³-hybridized carbons (Fsp3) is 0.480. The zero-order chi connectivity index (χ0) is 24.9. The molecule has 1 atom stereocenters. The fourth-order valence-corrected chi connectivity index (χ4v) is 7.63. The summed E-state index contributed by atoms with van der Waals surface area (Å²) in [6, 6.07) is 8.32. The molecule has 2 fully saturated rings. The topological polar surface area (TPSA) is 90.5 Å². The molecule has 0 aliphatic carbocycles. The number of morpholine rings is 1. The van der Waals surface area contributed by atoms with Gasteiger partial charge in [0.25, 0.3) is 0 Å². The van der Waals surface area contributed by atoms with Gasteiger partial charge in [0, 0.05) is 66.9 Å². The number of ether oxygens (including phenoxy) is 1. The number of nitrogens with one attached hydrogen (secondary N) is 1. The van der Waals surface area contributed by atoms with E-state index in [-0.39, 0.29) is 5.54 Å². The Labute approximate surface area is 217 Å². The van der Waals surface area contributed by atoms with E-state index >= 15 is 0 Å². The maximum absolute atomic E-state index is 12.2. The number of hydrogen-bond donors (Lipinski definition) is 1. The van der Waals surface area contributed by atoms with E-state index in [1.807, 2.05) is 18.3 Å². The maximum atomic E-state index is 12.2. The van der Waals surface area contributed by atoms with Gasteiger partial charge in [-0.3, -0.25) is 10.00 Å². The molecule has 1 N–H and O–H groups in total. The van der Waals surface area contributed by atoms with Crippen molar-refractivity contribution in [3.63, 3.8) is 0 Å². The van der Waals surface area contributed by atoms with Crippen molar-refractivity contribution in [2.24, 2.45) is 0 Å². The van der Waals surface area contributed by atoms with Crippen LogP contribution in [0.4, 0.5) is 5.82 Å². The summed E-state index contributed by atoms with van der Waals surface area (Å²) in [6.45, 7) is 10.8. The molecule has 2 aliphatic rings. The Morgan fingerprint density at radius 1 is 1.17 bits per heavy atom. The standard InChI is InChI=1S/C25H31N7O2S2/c1-25(2)16-30(7-8-32(25)36(3)33)15-17-13-21-22(35-17)24(31-9-11-34-12-10-31)28-23(27-21)18-5-4-6-20-19(18)14-26-29-20/h4-6,13-14H,7-12,15-16H2,1-3H3,(H,26,29). The van der Waals surface area contributed by atoms with Crippen LogP contribution in [0, 0.1) is 0 Å². The van der Waals surface area contributed by atoms with E-state index in [0.29, 0.717) is 13.2 Å². The van der Waals surface area contributed by atoms with E-state index in [1.54, 1.807) is 17.6 Å². The number of rotatable bonds is 5. The largest absolute Gasteiger partial charge is 0.378 e. The van der Waals surface area contributed by atoms with Crippen LogP contribution in [0.5, 0.6) is 0 Å². The number of hydrogen-bond acceptors (Lipinski definition) is 8. The van der Waals surface area contributed by atoms with E-state index in [4.69, 9.17) is 14.7 Å². The third kappa shape index (κ3) is 4.43. The van der Waals surface area contributed by atoms with Gasteiger partial charge in [-0.1, -0.05) is 12.1 Å². The van der Waals surface area contributed by atoms with Gasteiger partial charge in [0.1, 0.15) is 0 Å². The van der Waals surface area contributed by atoms with Gasteiger partial charge in [0.05, 0.1) is 46.1 Å². The van der Waals surface area contributed by atoms with Crippen LogP contribution in [0.15, 0.2) is 30.5 Å². The van der Waals surface area contributed by atoms with Crippen LogP contribution < -0.4 is 4.90 Å². The zero-order valence-corrected chi connectivity index (χ0v) is 22.5. The molecule has 0 saturated carbocycles. The molecular formula is C25H31N7O2S2. The average Bonchev–Trinajstić information content (AvgIpc) is 3.49. The van der Waals surface area contributed by atoms with Crippen LogP contribution >= 0.6 is 11.3 Å². The number of nitrogens with zero attached hydrogens (tertiary/aromatic N) is 6. The highest BCUT2D eigenvalue weighted by molar-refractivity contribution is 7.81. The number of benzene rings is 1. The number of fused-ring (bicyclic) bond motifs is 2. The summed E-state index contributed by atoms with van der Waals surface area (Å²) in [4.78, 5) is 16.2. The lowest BCUT2D eigenvalue weighted by atomic mass is 10.0. The Bertz CT molecular complexity index is 1430. The Balaban J connectivity index is 1.38. The summed E-state index contributed by atoms with van der Waals surface area (Å²) in [5, 5.41) is 8.30. The quantitative estimate of drug-likeness (QED) is 0.428. The summed E-state index contributed by atoms with van der Waals surface area (Å²) in [6.07, 6.45) is 3.62. The predicted octanol–water partition coefficient (Wildman–Crippen LogP) is 3.26. The van der Waals surface area contributed by atoms with Crippen molar-refractivity contribution in [1.29, 1.82) is 0 Å². The third-order valence-electron chi connectivity index (χ3n) is 7.04. The molecule has 190 valence electrons. The summed E-state index contributed by atoms with van der Waals surface area (Å²) < 4.78 is 21.0. The van der Waals surface area contributed by atoms with Gasteiger partial charge in [0.15, 0.2) is 11.6 Å². The first-order valence-electron chi connectivity index (χ1n) is 12.3. The number of aromatic nitrogens is 4. The fourth-order valence-electron chi connectivity index (χ4n) is 5.39. The van der Waals surface area contributed by atoms with Crippen molar-refractivity contribution in [2.45, 2.75) is 25.9 Å². The Morgan fingerprint density at radius 3 is 2.78 bits per heavy atom. The molecule has 0 spiro atoms. The minimum atomic E-state index is -0.961. The maximum Gasteiger partial charge on any atom is 0.162 e. The van der Waals surface area contributed by atoms with Crippen LogP contribution in [0.3, 0.4) is 0 Å². The third-order valence-corrected chi connectivity index (χ3v) is 9.44. The van der Waals surface area contributed by atoms with Crippen molar-refractivity contribution in [1.82, 2.24) is 29.4 Å². The smallest absolute Gasteiger partial charge is 0.162 e. The monoisotopic (exact) mass is 525 g/mol. The molecule has 4 aromatic rings. The molecule has 0 bridgehead atoms. The summed E-state index contributed by atoms with van der Waals surface area (Å²) in [7, 11) is -0.961. The molecule has 0 amide bonds. The molecule has 1 aromatic carbocycles. The molecule has 1 unspecified atom stereocenters. The molecule has 5 heterocycles. The van der Waals surface area contributed by atoms with Gasteiger partial charge in [0.2, 0.25) is 0 Å². The molecule has 3 aromatic heterocycles. The number of thiophene rings is 1. The van der Waals surface area contributed by atoms with Gasteiger partial charge in [-0.05, 0) is 26.0 Å². The first-order chi connectivity index (χ1) is 17.4. The molecular weight excluding hydrogens is 494 g/mol. The van der Waals surface area contributed by atoms with E-state index < -0.39 is 11.0 Å². The first-order valence-corrected chi connectivity index (χ1v) is 14.6. The second-order valence-corrected chi connectivity index (χ2v) is 12.5. The molecule has 11 heteroatoms. The van der Waals surface area contributed by atoms with Crippen molar-refractivity contribution >= 4 is 49.3 Å². The summed E-state index contributed by atoms with van der Waals surface area (Å²) in [5.41, 5.74) is 2.80. The number of piperazine rings is 1. The zero-order valence-electron chi connectivity index (χ0n) is 20.9. The normalized spacial score (nSPS) is 20.4. The van der Waals surface area contributed by atoms with Gasteiger partial charge >= 0.3 is 0 Å². The predicted molar refractivity (Wildman–Crippen MR) is 146 cm³/mol. The minimum absolute atomic E-state index is 0.135. The highest BCUT2D eigenvalue weighted by Gasteiger charge is 2.36. The highest BCUT2D eigenvalue weighted by atomic mass is 32.2. The van der Waals surface area contributed by atoms with E-state index in [2.05, 4.69) is 50.3 Å². The van der Waals surface area contributed by atoms with Crippen molar-refractivity contribution in [2.75, 3.05) is 57.1 Å². The molecule has 0 radical (unpaired) electrons. The molecule has 9 nitrogen and oxygen atoms in total. The van der Waals surface area contributed by atoms with Crippen LogP contribution in [-0.4, -0.2) is 91.3 Å². The van der Waals surface area contributed by atoms with E-state index in [0.717, 1.165) is 77.6 Å². The van der Waals surface area contributed by atoms with Crippen molar-refractivity contribution < 1.29 is 8.95 Å². The lowest BCUT2D eigenvalue weighted by molar-refractivity contribution is 0.0817. The second-order valence-electron chi connectivity index (χ2n) is 10.1. The van der Waals surface area contributed by atoms with Crippen LogP contribution in [0.25, 0.3) is 32.5 Å². The van der Waals surface area contributed by atoms with E-state index in [1.165, 1.54) is 4.88 Å². The number of H-pyrrole nitrogens is 1. The Morgan fingerprint density at radius 2 is 2.00 bits per heavy atom. The minimum Gasteiger partial charge on any atom is -0.378 e. The van der Waals surface area contributed by atoms with Crippen LogP contribution in [0.1, 0.15) is 18.7 Å². The molecule has 36 heavy (non-hydrogen) atoms. The lowest BCUT2D eigenvalue weighted by Crippen LogP contribution is -2.58. The van der Waals surface area contributed by atoms with Crippen molar-refractivity contribution in [3.05, 3.63) is 35.3 Å². The highest BCUT2D eigenvalue weighted by Crippen LogP contribution is 2.36.